The van der Waals surface area contributed by atoms with Gasteiger partial charge in [-0.05, 0) is 44.5 Å². The van der Waals surface area contributed by atoms with Crippen molar-refractivity contribution in [1.82, 2.24) is 4.90 Å². The number of carbonyl (C=O) groups excluding carboxylic acids is 1. The molecule has 5 heteroatoms. The minimum Gasteiger partial charge on any atom is -0.367 e. The summed E-state index contributed by atoms with van der Waals surface area (Å²) < 4.78 is 0. The summed E-state index contributed by atoms with van der Waals surface area (Å²) in [7, 11) is 2.14. The molecule has 1 aromatic rings. The minimum atomic E-state index is 0.0688. The second kappa shape index (κ2) is 7.37. The highest BCUT2D eigenvalue weighted by atomic mass is 35.5. The highest BCUT2D eigenvalue weighted by Crippen LogP contribution is 2.31. The van der Waals surface area contributed by atoms with Gasteiger partial charge in [0.25, 0.3) is 0 Å². The number of amides is 1. The summed E-state index contributed by atoms with van der Waals surface area (Å²) in [6, 6.07) is 5.78. The van der Waals surface area contributed by atoms with Crippen molar-refractivity contribution in [2.75, 3.05) is 43.4 Å². The lowest BCUT2D eigenvalue weighted by Gasteiger charge is -2.35. The van der Waals surface area contributed by atoms with Gasteiger partial charge in [-0.1, -0.05) is 23.8 Å². The molecule has 0 unspecified atom stereocenters. The lowest BCUT2D eigenvalue weighted by atomic mass is 9.93. The Bertz CT molecular complexity index is 594. The fourth-order valence-corrected chi connectivity index (χ4v) is 3.37. The zero-order valence-corrected chi connectivity index (χ0v) is 14.4. The van der Waals surface area contributed by atoms with Gasteiger partial charge < -0.3 is 15.1 Å². The predicted molar refractivity (Wildman–Crippen MR) is 96.3 cm³/mol. The smallest absolute Gasteiger partial charge is 0.227 e. The van der Waals surface area contributed by atoms with Crippen LogP contribution < -0.4 is 10.2 Å². The molecule has 1 amide bonds. The van der Waals surface area contributed by atoms with E-state index in [1.807, 2.05) is 18.2 Å². The zero-order chi connectivity index (χ0) is 16.2. The monoisotopic (exact) mass is 333 g/mol. The molecule has 1 fully saturated rings. The van der Waals surface area contributed by atoms with Crippen molar-refractivity contribution in [1.29, 1.82) is 0 Å². The van der Waals surface area contributed by atoms with Crippen LogP contribution in [0.4, 0.5) is 11.4 Å². The molecule has 23 heavy (non-hydrogen) atoms. The van der Waals surface area contributed by atoms with Gasteiger partial charge >= 0.3 is 0 Å². The summed E-state index contributed by atoms with van der Waals surface area (Å²) >= 11 is 6.16. The van der Waals surface area contributed by atoms with Crippen LogP contribution in [0.3, 0.4) is 0 Å². The van der Waals surface area contributed by atoms with Crippen LogP contribution in [-0.2, 0) is 4.79 Å². The first-order valence-electron chi connectivity index (χ1n) is 8.32. The second-order valence-electron chi connectivity index (χ2n) is 6.42. The van der Waals surface area contributed by atoms with Gasteiger partial charge in [0.05, 0.1) is 11.4 Å². The molecular weight excluding hydrogens is 310 g/mol. The third-order valence-electron chi connectivity index (χ3n) is 4.70. The summed E-state index contributed by atoms with van der Waals surface area (Å²) in [5.74, 6) is 0.173. The molecule has 1 N–H and O–H groups in total. The van der Waals surface area contributed by atoms with Crippen LogP contribution in [-0.4, -0.2) is 44.0 Å². The number of hydrogen-bond donors (Lipinski definition) is 1. The molecule has 2 aliphatic rings. The van der Waals surface area contributed by atoms with E-state index < -0.39 is 0 Å². The number of nitrogens with one attached hydrogen (secondary N) is 1. The molecule has 124 valence electrons. The Kier molecular flexibility index (Phi) is 5.23. The van der Waals surface area contributed by atoms with Gasteiger partial charge in [-0.25, -0.2) is 0 Å². The standard InChI is InChI=1S/C18H24ClN3O/c1-21-9-11-22(12-10-21)17-8-7-15(19)13-16(17)20-18(23)14-5-3-2-4-6-14/h2-3,7-8,13-14H,4-6,9-12H2,1H3,(H,20,23)/t14-/m0/s1. The largest absolute Gasteiger partial charge is 0.367 e. The molecule has 4 nitrogen and oxygen atoms in total. The van der Waals surface area contributed by atoms with E-state index in [4.69, 9.17) is 11.6 Å². The summed E-state index contributed by atoms with van der Waals surface area (Å²) in [5.41, 5.74) is 1.91. The number of benzene rings is 1. The highest BCUT2D eigenvalue weighted by Gasteiger charge is 2.22. The number of halogens is 1. The van der Waals surface area contributed by atoms with Crippen molar-refractivity contribution < 1.29 is 4.79 Å². The number of carbonyl (C=O) groups is 1. The van der Waals surface area contributed by atoms with Gasteiger partial charge in [0.1, 0.15) is 0 Å². The van der Waals surface area contributed by atoms with Crippen LogP contribution >= 0.6 is 11.6 Å². The fraction of sp³-hybridized carbons (Fsp3) is 0.500. The Labute approximate surface area is 143 Å². The van der Waals surface area contributed by atoms with Crippen LogP contribution in [0.15, 0.2) is 30.4 Å². The average Bonchev–Trinajstić information content (AvgIpc) is 2.57. The highest BCUT2D eigenvalue weighted by molar-refractivity contribution is 6.31. The molecule has 1 aromatic carbocycles. The third kappa shape index (κ3) is 4.06. The molecule has 1 saturated heterocycles. The SMILES string of the molecule is CN1CCN(c2ccc(Cl)cc2NC(=O)[C@H]2CC=CCC2)CC1. The van der Waals surface area contributed by atoms with Gasteiger partial charge in [-0.15, -0.1) is 0 Å². The molecule has 1 atom stereocenters. The number of allylic oxidation sites excluding steroid dienone is 2. The van der Waals surface area contributed by atoms with Crippen LogP contribution in [0.1, 0.15) is 19.3 Å². The second-order valence-corrected chi connectivity index (χ2v) is 6.86. The molecule has 0 aromatic heterocycles. The van der Waals surface area contributed by atoms with E-state index in [9.17, 15) is 4.79 Å². The first-order valence-corrected chi connectivity index (χ1v) is 8.70. The van der Waals surface area contributed by atoms with Gasteiger partial charge in [0.2, 0.25) is 5.91 Å². The number of piperazine rings is 1. The molecule has 1 aliphatic carbocycles. The maximum Gasteiger partial charge on any atom is 0.227 e. The number of nitrogens with zero attached hydrogens (tertiary/aromatic N) is 2. The third-order valence-corrected chi connectivity index (χ3v) is 4.94. The van der Waals surface area contributed by atoms with E-state index >= 15 is 0 Å². The van der Waals surface area contributed by atoms with E-state index in [1.165, 1.54) is 0 Å². The Morgan fingerprint density at radius 3 is 2.70 bits per heavy atom. The summed E-state index contributed by atoms with van der Waals surface area (Å²) in [5, 5.41) is 3.77. The number of rotatable bonds is 3. The number of hydrogen-bond acceptors (Lipinski definition) is 3. The summed E-state index contributed by atoms with van der Waals surface area (Å²) in [6.07, 6.45) is 6.99. The van der Waals surface area contributed by atoms with Crippen molar-refractivity contribution in [2.24, 2.45) is 5.92 Å². The molecule has 0 saturated carbocycles. The van der Waals surface area contributed by atoms with Gasteiger partial charge in [-0.3, -0.25) is 4.79 Å². The van der Waals surface area contributed by atoms with Crippen molar-refractivity contribution in [3.63, 3.8) is 0 Å². The molecule has 0 bridgehead atoms. The topological polar surface area (TPSA) is 35.6 Å². The summed E-state index contributed by atoms with van der Waals surface area (Å²) in [4.78, 5) is 17.2. The Hall–Kier alpha value is -1.52. The van der Waals surface area contributed by atoms with Gasteiger partial charge in [-0.2, -0.15) is 0 Å². The molecule has 1 aliphatic heterocycles. The average molecular weight is 334 g/mol. The van der Waals surface area contributed by atoms with E-state index in [1.54, 1.807) is 0 Å². The molecule has 0 spiro atoms. The quantitative estimate of drug-likeness (QED) is 0.861. The van der Waals surface area contributed by atoms with Crippen molar-refractivity contribution in [3.8, 4) is 0 Å². The maximum atomic E-state index is 12.6. The Morgan fingerprint density at radius 2 is 2.00 bits per heavy atom. The Morgan fingerprint density at radius 1 is 1.22 bits per heavy atom. The van der Waals surface area contributed by atoms with Crippen LogP contribution in [0.5, 0.6) is 0 Å². The normalized spacial score (nSPS) is 22.2. The van der Waals surface area contributed by atoms with Crippen LogP contribution in [0.25, 0.3) is 0 Å². The van der Waals surface area contributed by atoms with Crippen LogP contribution in [0.2, 0.25) is 5.02 Å². The maximum absolute atomic E-state index is 12.6. The number of likely N-dealkylation sites (N-methyl/N-ethyl adjacent to an activating group) is 1. The first kappa shape index (κ1) is 16.3. The minimum absolute atomic E-state index is 0.0688. The van der Waals surface area contributed by atoms with Crippen molar-refractivity contribution in [3.05, 3.63) is 35.4 Å². The van der Waals surface area contributed by atoms with Crippen molar-refractivity contribution in [2.45, 2.75) is 19.3 Å². The molecule has 1 heterocycles. The van der Waals surface area contributed by atoms with E-state index in [-0.39, 0.29) is 11.8 Å². The van der Waals surface area contributed by atoms with Crippen LogP contribution in [0, 0.1) is 5.92 Å². The number of anilines is 2. The molecule has 0 radical (unpaired) electrons. The first-order chi connectivity index (χ1) is 11.1. The van der Waals surface area contributed by atoms with E-state index in [2.05, 4.69) is 34.3 Å². The molecule has 3 rings (SSSR count). The van der Waals surface area contributed by atoms with E-state index in [0.29, 0.717) is 5.02 Å². The predicted octanol–water partition coefficient (Wildman–Crippen LogP) is 3.39. The fourth-order valence-electron chi connectivity index (χ4n) is 3.20. The zero-order valence-electron chi connectivity index (χ0n) is 13.6. The van der Waals surface area contributed by atoms with Crippen molar-refractivity contribution >= 4 is 28.9 Å². The lowest BCUT2D eigenvalue weighted by Crippen LogP contribution is -2.44. The Balaban J connectivity index is 1.76. The summed E-state index contributed by atoms with van der Waals surface area (Å²) in [6.45, 7) is 3.99. The lowest BCUT2D eigenvalue weighted by molar-refractivity contribution is -0.120. The van der Waals surface area contributed by atoms with E-state index in [0.717, 1.165) is 56.8 Å². The molecular formula is C18H24ClN3O. The van der Waals surface area contributed by atoms with Gasteiger partial charge in [0, 0.05) is 37.1 Å². The van der Waals surface area contributed by atoms with Gasteiger partial charge in [0.15, 0.2) is 0 Å².